The van der Waals surface area contributed by atoms with E-state index in [2.05, 4.69) is 40.5 Å². The number of carbonyl (C=O) groups is 2. The fourth-order valence-electron chi connectivity index (χ4n) is 6.26. The van der Waals surface area contributed by atoms with Crippen LogP contribution in [0.15, 0.2) is 36.4 Å². The van der Waals surface area contributed by atoms with Crippen molar-refractivity contribution in [2.45, 2.75) is 79.3 Å². The van der Waals surface area contributed by atoms with Crippen LogP contribution in [0.1, 0.15) is 98.6 Å². The first-order valence-corrected chi connectivity index (χ1v) is 16.5. The summed E-state index contributed by atoms with van der Waals surface area (Å²) >= 11 is 0. The Balaban J connectivity index is 1.39. The van der Waals surface area contributed by atoms with Crippen molar-refractivity contribution >= 4 is 11.8 Å². The largest absolute Gasteiger partial charge is 0.477 e. The highest BCUT2D eigenvalue weighted by Crippen LogP contribution is 2.40. The van der Waals surface area contributed by atoms with Crippen molar-refractivity contribution in [2.24, 2.45) is 17.8 Å². The van der Waals surface area contributed by atoms with Crippen LogP contribution in [0, 0.1) is 17.8 Å². The summed E-state index contributed by atoms with van der Waals surface area (Å²) in [4.78, 5) is 36.6. The number of aromatic carboxylic acids is 1. The smallest absolute Gasteiger partial charge is 0.354 e. The van der Waals surface area contributed by atoms with Crippen molar-refractivity contribution in [3.05, 3.63) is 59.2 Å². The number of carbonyl (C=O) groups excluding carboxylic acids is 1. The van der Waals surface area contributed by atoms with Gasteiger partial charge in [0.05, 0.1) is 37.8 Å². The van der Waals surface area contributed by atoms with Crippen LogP contribution in [-0.2, 0) is 22.6 Å². The zero-order valence-corrected chi connectivity index (χ0v) is 27.4. The van der Waals surface area contributed by atoms with Gasteiger partial charge in [-0.25, -0.2) is 14.8 Å². The van der Waals surface area contributed by atoms with E-state index in [1.165, 1.54) is 31.7 Å². The quantitative estimate of drug-likeness (QED) is 0.127. The van der Waals surface area contributed by atoms with E-state index in [0.29, 0.717) is 45.2 Å². The number of Topliss-reactive ketones (excluding diaryl/α,β-unsaturated/α-hetero) is 1. The zero-order chi connectivity index (χ0) is 31.7. The van der Waals surface area contributed by atoms with Gasteiger partial charge in [-0.2, -0.15) is 0 Å². The third kappa shape index (κ3) is 12.7. The second-order valence-corrected chi connectivity index (χ2v) is 12.3. The van der Waals surface area contributed by atoms with Gasteiger partial charge in [0.1, 0.15) is 11.4 Å². The first kappa shape index (κ1) is 35.8. The minimum absolute atomic E-state index is 0.00990. The predicted octanol–water partition coefficient (Wildman–Crippen LogP) is 5.98. The van der Waals surface area contributed by atoms with Crippen LogP contribution in [-0.4, -0.2) is 89.2 Å². The van der Waals surface area contributed by atoms with Crippen LogP contribution in [0.4, 0.5) is 0 Å². The van der Waals surface area contributed by atoms with E-state index in [1.807, 2.05) is 18.2 Å². The van der Waals surface area contributed by atoms with Crippen molar-refractivity contribution in [2.75, 3.05) is 52.6 Å². The Bertz CT molecular complexity index is 1150. The van der Waals surface area contributed by atoms with E-state index in [4.69, 9.17) is 9.47 Å². The lowest BCUT2D eigenvalue weighted by Gasteiger charge is -2.24. The van der Waals surface area contributed by atoms with E-state index in [-0.39, 0.29) is 11.5 Å². The molecule has 1 N–H and O–H groups in total. The molecule has 2 aromatic rings. The Morgan fingerprint density at radius 3 is 1.98 bits per heavy atom. The van der Waals surface area contributed by atoms with Gasteiger partial charge in [0, 0.05) is 33.1 Å². The normalized spacial score (nSPS) is 18.4. The molecule has 3 rings (SSSR count). The molecule has 2 aromatic heterocycles. The Hall–Kier alpha value is -2.72. The second kappa shape index (κ2) is 19.6. The monoisotopic (exact) mass is 610 g/mol. The Labute approximate surface area is 264 Å². The van der Waals surface area contributed by atoms with Gasteiger partial charge in [-0.1, -0.05) is 39.3 Å². The Morgan fingerprint density at radius 1 is 0.841 bits per heavy atom. The second-order valence-electron chi connectivity index (χ2n) is 12.3. The van der Waals surface area contributed by atoms with Gasteiger partial charge in [0.25, 0.3) is 0 Å². The number of carboxylic acid groups (broad SMARTS) is 1. The van der Waals surface area contributed by atoms with Crippen molar-refractivity contribution < 1.29 is 24.2 Å². The lowest BCUT2D eigenvalue weighted by atomic mass is 9.93. The molecule has 0 radical (unpaired) electrons. The highest BCUT2D eigenvalue weighted by molar-refractivity contribution is 5.92. The van der Waals surface area contributed by atoms with Gasteiger partial charge in [0.15, 0.2) is 5.78 Å². The number of hydrogen-bond donors (Lipinski definition) is 1. The Morgan fingerprint density at radius 2 is 1.43 bits per heavy atom. The lowest BCUT2D eigenvalue weighted by Crippen LogP contribution is -2.30. The lowest BCUT2D eigenvalue weighted by molar-refractivity contribution is 0.0293. The molecule has 2 heterocycles. The molecule has 0 bridgehead atoms. The van der Waals surface area contributed by atoms with Crippen LogP contribution in [0.2, 0.25) is 0 Å². The average Bonchev–Trinajstić information content (AvgIpc) is 3.37. The maximum Gasteiger partial charge on any atom is 0.354 e. The molecular weight excluding hydrogens is 556 g/mol. The number of ketones is 1. The average molecular weight is 611 g/mol. The number of ether oxygens (including phenoxy) is 2. The summed E-state index contributed by atoms with van der Waals surface area (Å²) in [6.07, 6.45) is 7.45. The molecule has 1 aliphatic carbocycles. The molecule has 1 fully saturated rings. The maximum absolute atomic E-state index is 11.9. The number of pyridine rings is 2. The summed E-state index contributed by atoms with van der Waals surface area (Å²) < 4.78 is 11.8. The van der Waals surface area contributed by atoms with E-state index in [0.717, 1.165) is 68.2 Å². The summed E-state index contributed by atoms with van der Waals surface area (Å²) in [7, 11) is 0. The molecule has 44 heavy (non-hydrogen) atoms. The highest BCUT2D eigenvalue weighted by Gasteiger charge is 2.29. The van der Waals surface area contributed by atoms with Crippen LogP contribution in [0.3, 0.4) is 0 Å². The summed E-state index contributed by atoms with van der Waals surface area (Å²) in [5.41, 5.74) is 2.25. The van der Waals surface area contributed by atoms with Gasteiger partial charge in [-0.15, -0.1) is 0 Å². The van der Waals surface area contributed by atoms with Crippen molar-refractivity contribution in [1.82, 2.24) is 19.8 Å². The minimum atomic E-state index is -1.01. The van der Waals surface area contributed by atoms with Crippen molar-refractivity contribution in [3.8, 4) is 0 Å². The van der Waals surface area contributed by atoms with E-state index >= 15 is 0 Å². The van der Waals surface area contributed by atoms with Gasteiger partial charge in [-0.3, -0.25) is 14.6 Å². The highest BCUT2D eigenvalue weighted by atomic mass is 16.5. The number of nitrogens with zero attached hydrogens (tertiary/aromatic N) is 4. The molecule has 0 amide bonds. The van der Waals surface area contributed by atoms with E-state index in [9.17, 15) is 14.7 Å². The molecule has 244 valence electrons. The SMILES string of the molecule is CCCN(CCOCCOCCN(CCCC1CC(CC)CC1C)Cc1cccc(C(C)=O)n1)Cc1cccc(C(=O)O)n1. The summed E-state index contributed by atoms with van der Waals surface area (Å²) in [5.74, 6) is 1.52. The fraction of sp³-hybridized carbons (Fsp3) is 0.657. The molecule has 0 aliphatic heterocycles. The number of rotatable bonds is 22. The predicted molar refractivity (Wildman–Crippen MR) is 173 cm³/mol. The number of hydrogen-bond acceptors (Lipinski definition) is 8. The number of carboxylic acids is 1. The van der Waals surface area contributed by atoms with Crippen molar-refractivity contribution in [1.29, 1.82) is 0 Å². The molecule has 3 unspecified atom stereocenters. The molecule has 3 atom stereocenters. The van der Waals surface area contributed by atoms with Crippen LogP contribution in [0.5, 0.6) is 0 Å². The molecule has 9 nitrogen and oxygen atoms in total. The van der Waals surface area contributed by atoms with E-state index in [1.54, 1.807) is 19.1 Å². The third-order valence-corrected chi connectivity index (χ3v) is 8.75. The number of aromatic nitrogens is 2. The summed E-state index contributed by atoms with van der Waals surface area (Å²) in [6.45, 7) is 15.4. The van der Waals surface area contributed by atoms with E-state index < -0.39 is 5.97 Å². The topological polar surface area (TPSA) is 105 Å². The fourth-order valence-corrected chi connectivity index (χ4v) is 6.26. The molecule has 0 saturated heterocycles. The molecule has 9 heteroatoms. The summed E-state index contributed by atoms with van der Waals surface area (Å²) in [6, 6.07) is 10.8. The van der Waals surface area contributed by atoms with Gasteiger partial charge >= 0.3 is 5.97 Å². The molecule has 1 saturated carbocycles. The first-order chi connectivity index (χ1) is 21.3. The molecule has 1 aliphatic rings. The van der Waals surface area contributed by atoms with Gasteiger partial charge < -0.3 is 14.6 Å². The first-order valence-electron chi connectivity index (χ1n) is 16.5. The standard InChI is InChI=1S/C35H54N4O5/c1-5-15-38(25-32-12-8-14-34(37-32)35(41)42)17-19-43-21-22-44-20-18-39(26-31-11-7-13-33(36-31)28(4)40)16-9-10-30-24-29(6-2)23-27(30)3/h7-8,11-14,27,29-30H,5-6,9-10,15-26H2,1-4H3,(H,41,42). The van der Waals surface area contributed by atoms with Gasteiger partial charge in [0.2, 0.25) is 0 Å². The van der Waals surface area contributed by atoms with Gasteiger partial charge in [-0.05, 0) is 87.2 Å². The summed E-state index contributed by atoms with van der Waals surface area (Å²) in [5, 5.41) is 9.21. The zero-order valence-electron chi connectivity index (χ0n) is 27.4. The third-order valence-electron chi connectivity index (χ3n) is 8.75. The van der Waals surface area contributed by atoms with Crippen LogP contribution in [0.25, 0.3) is 0 Å². The van der Waals surface area contributed by atoms with Crippen LogP contribution >= 0.6 is 0 Å². The molecule has 0 aromatic carbocycles. The molecule has 0 spiro atoms. The molecular formula is C35H54N4O5. The van der Waals surface area contributed by atoms with Crippen LogP contribution < -0.4 is 0 Å². The minimum Gasteiger partial charge on any atom is -0.477 e. The Kier molecular flexibility index (Phi) is 15.9. The maximum atomic E-state index is 11.9. The van der Waals surface area contributed by atoms with Crippen molar-refractivity contribution in [3.63, 3.8) is 0 Å².